The van der Waals surface area contributed by atoms with Crippen molar-refractivity contribution >= 4 is 57.5 Å². The molecule has 5 rings (SSSR count). The molecule has 28 heavy (non-hydrogen) atoms. The molecule has 0 radical (unpaired) electrons. The molecule has 0 atom stereocenters. The summed E-state index contributed by atoms with van der Waals surface area (Å²) in [5, 5.41) is 3.55. The van der Waals surface area contributed by atoms with Gasteiger partial charge in [0.1, 0.15) is 37.4 Å². The molecule has 3 aliphatic heterocycles. The predicted molar refractivity (Wildman–Crippen MR) is 123 cm³/mol. The lowest BCUT2D eigenvalue weighted by atomic mass is 10.2. The lowest BCUT2D eigenvalue weighted by Crippen LogP contribution is -2.64. The number of hydrogen-bond donors (Lipinski definition) is 1. The van der Waals surface area contributed by atoms with E-state index in [1.165, 1.54) is 11.6 Å². The maximum atomic E-state index is 14.5. The lowest BCUT2D eigenvalue weighted by molar-refractivity contribution is -0.811. The summed E-state index contributed by atoms with van der Waals surface area (Å²) < 4.78 is 16.0. The molecule has 2 aromatic rings. The quantitative estimate of drug-likeness (QED) is 0.286. The van der Waals surface area contributed by atoms with Gasteiger partial charge in [0.15, 0.2) is 4.32 Å². The second kappa shape index (κ2) is 8.90. The van der Waals surface area contributed by atoms with Crippen molar-refractivity contribution in [2.45, 2.75) is 10.6 Å². The van der Waals surface area contributed by atoms with Crippen molar-refractivity contribution < 1.29 is 8.28 Å². The molecule has 3 nitrogen and oxygen atoms in total. The average Bonchev–Trinajstić information content (AvgIpc) is 2.71. The smallest absolute Gasteiger partial charge is 0.197 e. The number of fused-ring (bicyclic) bond motifs is 3. The first-order valence-corrected chi connectivity index (χ1v) is 11.8. The lowest BCUT2D eigenvalue weighted by Gasteiger charge is -2.48. The van der Waals surface area contributed by atoms with Crippen LogP contribution in [-0.2, 0) is 5.75 Å². The monoisotopic (exact) mass is 454 g/mol. The van der Waals surface area contributed by atoms with E-state index in [0.717, 1.165) is 53.8 Å². The van der Waals surface area contributed by atoms with Crippen molar-refractivity contribution in [1.29, 1.82) is 0 Å². The van der Waals surface area contributed by atoms with Gasteiger partial charge in [-0.25, -0.2) is 4.39 Å². The van der Waals surface area contributed by atoms with E-state index in [-0.39, 0.29) is 5.82 Å². The Morgan fingerprint density at radius 3 is 2.50 bits per heavy atom. The maximum Gasteiger partial charge on any atom is 0.197 e. The maximum absolute atomic E-state index is 14.5. The van der Waals surface area contributed by atoms with Gasteiger partial charge in [-0.05, 0) is 29.9 Å². The fourth-order valence-electron chi connectivity index (χ4n) is 3.56. The van der Waals surface area contributed by atoms with Crippen LogP contribution >= 0.6 is 47.5 Å². The highest BCUT2D eigenvalue weighted by Gasteiger charge is 2.41. The molecule has 0 unspecified atom stereocenters. The van der Waals surface area contributed by atoms with Gasteiger partial charge in [0.05, 0.1) is 10.7 Å². The topological polar surface area (TPSA) is 15.3 Å². The van der Waals surface area contributed by atoms with Crippen LogP contribution in [0.1, 0.15) is 5.56 Å². The van der Waals surface area contributed by atoms with Gasteiger partial charge in [-0.1, -0.05) is 41.9 Å². The van der Waals surface area contributed by atoms with Gasteiger partial charge < -0.3 is 5.32 Å². The highest BCUT2D eigenvalue weighted by Crippen LogP contribution is 2.35. The number of hydrogen-bond acceptors (Lipinski definition) is 4. The van der Waals surface area contributed by atoms with Crippen LogP contribution in [0.2, 0.25) is 5.02 Å². The van der Waals surface area contributed by atoms with E-state index in [0.29, 0.717) is 15.0 Å². The second-order valence-corrected chi connectivity index (χ2v) is 10.6. The highest BCUT2D eigenvalue weighted by molar-refractivity contribution is 8.19. The Balaban J connectivity index is 1.42. The van der Waals surface area contributed by atoms with Crippen molar-refractivity contribution in [1.82, 2.24) is 4.90 Å². The Labute approximate surface area is 184 Å². The summed E-state index contributed by atoms with van der Waals surface area (Å²) >= 11 is 15.1. The van der Waals surface area contributed by atoms with Gasteiger partial charge in [-0.15, -0.1) is 11.8 Å². The molecule has 0 spiro atoms. The number of halogens is 2. The molecule has 1 N–H and O–H groups in total. The van der Waals surface area contributed by atoms with E-state index in [1.54, 1.807) is 29.8 Å². The first-order chi connectivity index (χ1) is 13.5. The van der Waals surface area contributed by atoms with Crippen LogP contribution in [-0.4, -0.2) is 52.4 Å². The summed E-state index contributed by atoms with van der Waals surface area (Å²) in [4.78, 5) is 3.34. The summed E-state index contributed by atoms with van der Waals surface area (Å²) in [6, 6.07) is 13.3. The van der Waals surface area contributed by atoms with Crippen molar-refractivity contribution in [3.63, 3.8) is 0 Å². The summed E-state index contributed by atoms with van der Waals surface area (Å²) in [5.41, 5.74) is 1.60. The van der Waals surface area contributed by atoms with E-state index in [1.807, 2.05) is 18.2 Å². The van der Waals surface area contributed by atoms with Crippen molar-refractivity contribution in [3.05, 3.63) is 58.9 Å². The van der Waals surface area contributed by atoms with Gasteiger partial charge >= 0.3 is 0 Å². The molecule has 3 aliphatic rings. The number of quaternary nitrogens is 1. The number of benzene rings is 2. The van der Waals surface area contributed by atoms with Crippen molar-refractivity contribution in [3.8, 4) is 0 Å². The zero-order valence-corrected chi connectivity index (χ0v) is 18.6. The van der Waals surface area contributed by atoms with Crippen molar-refractivity contribution in [2.75, 3.05) is 44.6 Å². The first-order valence-electron chi connectivity index (χ1n) is 9.28. The average molecular weight is 455 g/mol. The van der Waals surface area contributed by atoms with Gasteiger partial charge in [0.25, 0.3) is 0 Å². The number of piperazine rings is 3. The number of rotatable bonds is 5. The van der Waals surface area contributed by atoms with Crippen LogP contribution in [0.5, 0.6) is 0 Å². The van der Waals surface area contributed by atoms with Crippen LogP contribution < -0.4 is 5.32 Å². The molecule has 0 amide bonds. The van der Waals surface area contributed by atoms with Gasteiger partial charge in [-0.2, -0.15) is 0 Å². The number of thiocarbonyl (C=S) groups is 1. The summed E-state index contributed by atoms with van der Waals surface area (Å²) in [6.45, 7) is 6.62. The molecular formula is C20H22ClFN3S3+. The normalized spacial score (nSPS) is 23.6. The van der Waals surface area contributed by atoms with Crippen molar-refractivity contribution in [2.24, 2.45) is 0 Å². The molecule has 3 saturated heterocycles. The Hall–Kier alpha value is -0.830. The second-order valence-electron chi connectivity index (χ2n) is 7.11. The Kier molecular flexibility index (Phi) is 6.50. The van der Waals surface area contributed by atoms with Crippen LogP contribution in [0, 0.1) is 5.82 Å². The number of thioether (sulfide) groups is 1. The number of anilines is 1. The molecule has 3 heterocycles. The van der Waals surface area contributed by atoms with E-state index >= 15 is 0 Å². The van der Waals surface area contributed by atoms with E-state index in [4.69, 9.17) is 23.8 Å². The van der Waals surface area contributed by atoms with Crippen LogP contribution in [0.15, 0.2) is 47.4 Å². The third kappa shape index (κ3) is 4.83. The fourth-order valence-corrected chi connectivity index (χ4v) is 6.40. The van der Waals surface area contributed by atoms with Crippen LogP contribution in [0.3, 0.4) is 0 Å². The SMILES string of the molecule is Fc1cc(Cl)c(SCc2ccccc2)cc1NC(=S)S[N+]12CCN(CC1)CC2. The molecule has 3 fully saturated rings. The minimum absolute atomic E-state index is 0.375. The van der Waals surface area contributed by atoms with E-state index < -0.39 is 0 Å². The molecular weight excluding hydrogens is 433 g/mol. The minimum atomic E-state index is -0.375. The third-order valence-electron chi connectivity index (χ3n) is 5.24. The highest BCUT2D eigenvalue weighted by atomic mass is 35.5. The Bertz CT molecular complexity index is 844. The van der Waals surface area contributed by atoms with Crippen LogP contribution in [0.25, 0.3) is 0 Å². The number of nitrogens with one attached hydrogen (secondary N) is 1. The summed E-state index contributed by atoms with van der Waals surface area (Å²) in [5.74, 6) is 0.405. The zero-order valence-electron chi connectivity index (χ0n) is 15.4. The zero-order chi connectivity index (χ0) is 19.6. The molecule has 0 aromatic heterocycles. The van der Waals surface area contributed by atoms with Gasteiger partial charge in [0, 0.05) is 30.3 Å². The van der Waals surface area contributed by atoms with Crippen LogP contribution in [0.4, 0.5) is 10.1 Å². The molecule has 2 bridgehead atoms. The number of nitrogens with zero attached hydrogens (tertiary/aromatic N) is 2. The standard InChI is InChI=1S/C20H21ClFN3S3/c21-16-12-17(22)18(13-19(16)27-14-15-4-2-1-3-5-15)23-20(26)28-25-9-6-24(7-10-25)8-11-25/h1-5,12-13H,6-11,14H2/p+1. The molecule has 0 aliphatic carbocycles. The molecule has 8 heteroatoms. The summed E-state index contributed by atoms with van der Waals surface area (Å²) in [6.07, 6.45) is 0. The Morgan fingerprint density at radius 2 is 1.82 bits per heavy atom. The minimum Gasteiger partial charge on any atom is -0.334 e. The molecule has 148 valence electrons. The molecule has 2 aromatic carbocycles. The summed E-state index contributed by atoms with van der Waals surface area (Å²) in [7, 11) is 0. The van der Waals surface area contributed by atoms with E-state index in [2.05, 4.69) is 22.3 Å². The predicted octanol–water partition coefficient (Wildman–Crippen LogP) is 5.26. The first kappa shape index (κ1) is 20.4. The van der Waals surface area contributed by atoms with Gasteiger partial charge in [0.2, 0.25) is 0 Å². The largest absolute Gasteiger partial charge is 0.334 e. The Morgan fingerprint density at radius 1 is 1.14 bits per heavy atom. The molecule has 0 saturated carbocycles. The van der Waals surface area contributed by atoms with E-state index in [9.17, 15) is 4.39 Å². The third-order valence-corrected chi connectivity index (χ3v) is 8.32. The van der Waals surface area contributed by atoms with Gasteiger partial charge in [-0.3, -0.25) is 8.79 Å². The fraction of sp³-hybridized carbons (Fsp3) is 0.350.